The lowest BCUT2D eigenvalue weighted by molar-refractivity contribution is 0.0883. The second-order valence-corrected chi connectivity index (χ2v) is 6.50. The van der Waals surface area contributed by atoms with E-state index in [1.54, 1.807) is 0 Å². The molecule has 1 aliphatic rings. The van der Waals surface area contributed by atoms with Gasteiger partial charge in [0, 0.05) is 50.7 Å². The molecule has 5 heteroatoms. The molecule has 0 spiro atoms. The third-order valence-corrected chi connectivity index (χ3v) is 4.89. The number of hydrogen-bond donors (Lipinski definition) is 1. The van der Waals surface area contributed by atoms with E-state index in [1.165, 1.54) is 0 Å². The van der Waals surface area contributed by atoms with Gasteiger partial charge in [-0.3, -0.25) is 19.8 Å². The summed E-state index contributed by atoms with van der Waals surface area (Å²) < 4.78 is 0. The molecule has 1 fully saturated rings. The van der Waals surface area contributed by atoms with Gasteiger partial charge in [-0.05, 0) is 38.1 Å². The quantitative estimate of drug-likeness (QED) is 0.934. The van der Waals surface area contributed by atoms with Crippen LogP contribution in [0.3, 0.4) is 0 Å². The fourth-order valence-corrected chi connectivity index (χ4v) is 3.36. The second kappa shape index (κ2) is 7.83. The number of aliphatic hydroxyl groups excluding tert-OH is 1. The van der Waals surface area contributed by atoms with Crippen molar-refractivity contribution in [2.75, 3.05) is 26.2 Å². The fourth-order valence-electron chi connectivity index (χ4n) is 3.36. The van der Waals surface area contributed by atoms with Crippen LogP contribution < -0.4 is 0 Å². The van der Waals surface area contributed by atoms with E-state index in [4.69, 9.17) is 0 Å². The van der Waals surface area contributed by atoms with Gasteiger partial charge < -0.3 is 5.11 Å². The lowest BCUT2D eigenvalue weighted by atomic mass is 10.1. The SMILES string of the molecule is CC(c1ccccn1)N1CCN(C(C)c2ccccn2)CC(O)C1. The zero-order valence-corrected chi connectivity index (χ0v) is 14.4. The molecule has 3 heterocycles. The molecular weight excluding hydrogens is 300 g/mol. The minimum atomic E-state index is -0.371. The van der Waals surface area contributed by atoms with Gasteiger partial charge in [-0.2, -0.15) is 0 Å². The maximum absolute atomic E-state index is 10.5. The summed E-state index contributed by atoms with van der Waals surface area (Å²) >= 11 is 0. The Labute approximate surface area is 144 Å². The number of β-amino-alcohol motifs (C(OH)–C–C–N with tert-alkyl or cyclic N) is 1. The Morgan fingerprint density at radius 2 is 1.33 bits per heavy atom. The molecule has 1 aliphatic heterocycles. The van der Waals surface area contributed by atoms with Crippen molar-refractivity contribution in [2.24, 2.45) is 0 Å². The van der Waals surface area contributed by atoms with Gasteiger partial charge >= 0.3 is 0 Å². The van der Waals surface area contributed by atoms with Gasteiger partial charge in [0.1, 0.15) is 0 Å². The van der Waals surface area contributed by atoms with Crippen molar-refractivity contribution < 1.29 is 5.11 Å². The van der Waals surface area contributed by atoms with Gasteiger partial charge in [0.05, 0.1) is 17.5 Å². The predicted octanol–water partition coefficient (Wildman–Crippen LogP) is 2.28. The standard InChI is InChI=1S/C19H26N4O/c1-15(18-7-3-5-9-20-18)22-11-12-23(14-17(24)13-22)16(2)19-8-4-6-10-21-19/h3-10,15-17,24H,11-14H2,1-2H3. The van der Waals surface area contributed by atoms with Gasteiger partial charge in [-0.15, -0.1) is 0 Å². The summed E-state index contributed by atoms with van der Waals surface area (Å²) in [5.41, 5.74) is 2.10. The highest BCUT2D eigenvalue weighted by molar-refractivity contribution is 5.10. The number of nitrogens with zero attached hydrogens (tertiary/aromatic N) is 4. The lowest BCUT2D eigenvalue weighted by Crippen LogP contribution is -2.35. The number of rotatable bonds is 4. The monoisotopic (exact) mass is 326 g/mol. The summed E-state index contributed by atoms with van der Waals surface area (Å²) in [6.45, 7) is 7.48. The highest BCUT2D eigenvalue weighted by atomic mass is 16.3. The molecule has 0 aromatic carbocycles. The summed E-state index contributed by atoms with van der Waals surface area (Å²) in [6, 6.07) is 12.4. The van der Waals surface area contributed by atoms with Crippen LogP contribution >= 0.6 is 0 Å². The van der Waals surface area contributed by atoms with E-state index in [0.717, 1.165) is 24.5 Å². The molecule has 1 saturated heterocycles. The van der Waals surface area contributed by atoms with Gasteiger partial charge in [0.15, 0.2) is 0 Å². The highest BCUT2D eigenvalue weighted by Crippen LogP contribution is 2.24. The highest BCUT2D eigenvalue weighted by Gasteiger charge is 2.28. The van der Waals surface area contributed by atoms with Crippen LogP contribution in [0.15, 0.2) is 48.8 Å². The average Bonchev–Trinajstić information content (AvgIpc) is 2.83. The molecule has 2 unspecified atom stereocenters. The molecule has 3 rings (SSSR count). The van der Waals surface area contributed by atoms with Crippen molar-refractivity contribution in [3.05, 3.63) is 60.2 Å². The van der Waals surface area contributed by atoms with Crippen molar-refractivity contribution >= 4 is 0 Å². The smallest absolute Gasteiger partial charge is 0.0794 e. The first kappa shape index (κ1) is 17.0. The Kier molecular flexibility index (Phi) is 5.56. The molecule has 0 amide bonds. The summed E-state index contributed by atoms with van der Waals surface area (Å²) in [4.78, 5) is 13.6. The van der Waals surface area contributed by atoms with Crippen LogP contribution in [-0.4, -0.2) is 57.2 Å². The van der Waals surface area contributed by atoms with Crippen molar-refractivity contribution in [1.82, 2.24) is 19.8 Å². The van der Waals surface area contributed by atoms with Crippen molar-refractivity contribution in [1.29, 1.82) is 0 Å². The van der Waals surface area contributed by atoms with Crippen LogP contribution in [0.5, 0.6) is 0 Å². The van der Waals surface area contributed by atoms with E-state index in [2.05, 4.69) is 45.7 Å². The Hall–Kier alpha value is -1.82. The van der Waals surface area contributed by atoms with E-state index in [9.17, 15) is 5.11 Å². The van der Waals surface area contributed by atoms with Crippen LogP contribution in [0.25, 0.3) is 0 Å². The molecule has 24 heavy (non-hydrogen) atoms. The lowest BCUT2D eigenvalue weighted by Gasteiger charge is -2.29. The Balaban J connectivity index is 1.69. The summed E-state index contributed by atoms with van der Waals surface area (Å²) in [7, 11) is 0. The van der Waals surface area contributed by atoms with E-state index >= 15 is 0 Å². The normalized spacial score (nSPS) is 22.7. The molecule has 0 bridgehead atoms. The third kappa shape index (κ3) is 3.98. The minimum Gasteiger partial charge on any atom is -0.390 e. The van der Waals surface area contributed by atoms with Crippen LogP contribution in [-0.2, 0) is 0 Å². The van der Waals surface area contributed by atoms with Crippen LogP contribution in [0.2, 0.25) is 0 Å². The van der Waals surface area contributed by atoms with Crippen molar-refractivity contribution in [3.63, 3.8) is 0 Å². The first-order valence-corrected chi connectivity index (χ1v) is 8.63. The average molecular weight is 326 g/mol. The first-order chi connectivity index (χ1) is 11.6. The maximum atomic E-state index is 10.5. The molecule has 0 saturated carbocycles. The molecule has 0 aliphatic carbocycles. The minimum absolute atomic E-state index is 0.200. The van der Waals surface area contributed by atoms with Gasteiger partial charge in [0.25, 0.3) is 0 Å². The number of pyridine rings is 2. The fraction of sp³-hybridized carbons (Fsp3) is 0.474. The molecule has 128 valence electrons. The van der Waals surface area contributed by atoms with Gasteiger partial charge in [0.2, 0.25) is 0 Å². The third-order valence-electron chi connectivity index (χ3n) is 4.89. The Morgan fingerprint density at radius 3 is 1.71 bits per heavy atom. The molecule has 5 nitrogen and oxygen atoms in total. The molecule has 2 atom stereocenters. The van der Waals surface area contributed by atoms with Crippen molar-refractivity contribution in [3.8, 4) is 0 Å². The molecule has 2 aromatic heterocycles. The molecular formula is C19H26N4O. The van der Waals surface area contributed by atoms with E-state index in [-0.39, 0.29) is 18.2 Å². The van der Waals surface area contributed by atoms with Crippen LogP contribution in [0.1, 0.15) is 37.3 Å². The first-order valence-electron chi connectivity index (χ1n) is 8.63. The van der Waals surface area contributed by atoms with Crippen molar-refractivity contribution in [2.45, 2.75) is 32.0 Å². The zero-order chi connectivity index (χ0) is 16.9. The van der Waals surface area contributed by atoms with Crippen LogP contribution in [0.4, 0.5) is 0 Å². The molecule has 0 radical (unpaired) electrons. The van der Waals surface area contributed by atoms with E-state index in [1.807, 2.05) is 36.7 Å². The van der Waals surface area contributed by atoms with Crippen LogP contribution in [0, 0.1) is 0 Å². The molecule has 1 N–H and O–H groups in total. The Bertz CT molecular complexity index is 566. The van der Waals surface area contributed by atoms with E-state index < -0.39 is 0 Å². The summed E-state index contributed by atoms with van der Waals surface area (Å²) in [6.07, 6.45) is 3.29. The van der Waals surface area contributed by atoms with E-state index in [0.29, 0.717) is 13.1 Å². The number of aliphatic hydroxyl groups is 1. The summed E-state index contributed by atoms with van der Waals surface area (Å²) in [5.74, 6) is 0. The summed E-state index contributed by atoms with van der Waals surface area (Å²) in [5, 5.41) is 10.5. The number of aromatic nitrogens is 2. The second-order valence-electron chi connectivity index (χ2n) is 6.50. The topological polar surface area (TPSA) is 52.5 Å². The van der Waals surface area contributed by atoms with Gasteiger partial charge in [-0.25, -0.2) is 0 Å². The largest absolute Gasteiger partial charge is 0.390 e. The Morgan fingerprint density at radius 1 is 0.875 bits per heavy atom. The van der Waals surface area contributed by atoms with Gasteiger partial charge in [-0.1, -0.05) is 12.1 Å². The maximum Gasteiger partial charge on any atom is 0.0794 e. The number of hydrogen-bond acceptors (Lipinski definition) is 5. The molecule has 2 aromatic rings. The predicted molar refractivity (Wildman–Crippen MR) is 94.5 cm³/mol. The zero-order valence-electron chi connectivity index (χ0n) is 14.4.